The summed E-state index contributed by atoms with van der Waals surface area (Å²) < 4.78 is 38.5. The standard InChI is InChI=1S/C11H14F3N3/c1-8-7-17(5-4-16-8)10-2-3-15-6-9(10)11(12,13)14/h2-3,6,8,16H,4-5,7H2,1H3/t8-/m1/s1. The molecule has 2 heterocycles. The number of nitrogens with one attached hydrogen (secondary N) is 1. The molecular weight excluding hydrogens is 231 g/mol. The molecule has 1 aliphatic rings. The maximum Gasteiger partial charge on any atom is 0.419 e. The molecule has 2 rings (SSSR count). The van der Waals surface area contributed by atoms with E-state index in [0.717, 1.165) is 6.20 Å². The highest BCUT2D eigenvalue weighted by Crippen LogP contribution is 2.36. The number of hydrogen-bond acceptors (Lipinski definition) is 3. The number of pyridine rings is 1. The van der Waals surface area contributed by atoms with E-state index in [9.17, 15) is 13.2 Å². The Kier molecular flexibility index (Phi) is 3.24. The number of halogens is 3. The van der Waals surface area contributed by atoms with Gasteiger partial charge in [-0.3, -0.25) is 4.98 Å². The van der Waals surface area contributed by atoms with Gasteiger partial charge in [0.05, 0.1) is 11.3 Å². The van der Waals surface area contributed by atoms with E-state index in [1.807, 2.05) is 6.92 Å². The van der Waals surface area contributed by atoms with E-state index in [1.54, 1.807) is 4.90 Å². The quantitative estimate of drug-likeness (QED) is 0.819. The van der Waals surface area contributed by atoms with Crippen molar-refractivity contribution in [1.82, 2.24) is 10.3 Å². The molecule has 94 valence electrons. The molecule has 0 aliphatic carbocycles. The van der Waals surface area contributed by atoms with E-state index in [-0.39, 0.29) is 11.7 Å². The third-order valence-electron chi connectivity index (χ3n) is 2.81. The maximum atomic E-state index is 12.8. The summed E-state index contributed by atoms with van der Waals surface area (Å²) >= 11 is 0. The zero-order valence-corrected chi connectivity index (χ0v) is 9.46. The molecule has 1 atom stereocenters. The first kappa shape index (κ1) is 12.2. The van der Waals surface area contributed by atoms with Gasteiger partial charge in [-0.1, -0.05) is 0 Å². The topological polar surface area (TPSA) is 28.2 Å². The predicted molar refractivity (Wildman–Crippen MR) is 58.9 cm³/mol. The van der Waals surface area contributed by atoms with E-state index >= 15 is 0 Å². The molecule has 1 fully saturated rings. The Morgan fingerprint density at radius 1 is 1.47 bits per heavy atom. The summed E-state index contributed by atoms with van der Waals surface area (Å²) in [6.45, 7) is 3.81. The first-order valence-corrected chi connectivity index (χ1v) is 5.48. The zero-order valence-electron chi connectivity index (χ0n) is 9.46. The first-order valence-electron chi connectivity index (χ1n) is 5.48. The van der Waals surface area contributed by atoms with Crippen LogP contribution in [0, 0.1) is 0 Å². The normalized spacial score (nSPS) is 21.6. The third-order valence-corrected chi connectivity index (χ3v) is 2.81. The molecule has 1 aliphatic heterocycles. The van der Waals surface area contributed by atoms with Crippen LogP contribution in [-0.4, -0.2) is 30.7 Å². The second-order valence-corrected chi connectivity index (χ2v) is 4.19. The van der Waals surface area contributed by atoms with Crippen LogP contribution in [0.25, 0.3) is 0 Å². The molecule has 1 saturated heterocycles. The molecule has 0 unspecified atom stereocenters. The molecule has 6 heteroatoms. The molecule has 0 aromatic carbocycles. The molecule has 1 aromatic rings. The van der Waals surface area contributed by atoms with Crippen molar-refractivity contribution >= 4 is 5.69 Å². The Morgan fingerprint density at radius 3 is 2.88 bits per heavy atom. The average Bonchev–Trinajstić information content (AvgIpc) is 2.28. The van der Waals surface area contributed by atoms with Gasteiger partial charge in [0.25, 0.3) is 0 Å². The number of anilines is 1. The molecule has 0 saturated carbocycles. The van der Waals surface area contributed by atoms with Gasteiger partial charge in [-0.05, 0) is 13.0 Å². The molecule has 3 nitrogen and oxygen atoms in total. The zero-order chi connectivity index (χ0) is 12.5. The van der Waals surface area contributed by atoms with Gasteiger partial charge in [-0.2, -0.15) is 13.2 Å². The van der Waals surface area contributed by atoms with Crippen LogP contribution in [0.4, 0.5) is 18.9 Å². The molecular formula is C11H14F3N3. The van der Waals surface area contributed by atoms with Crippen molar-refractivity contribution in [2.45, 2.75) is 19.1 Å². The molecule has 0 amide bonds. The summed E-state index contributed by atoms with van der Waals surface area (Å²) in [7, 11) is 0. The highest BCUT2D eigenvalue weighted by molar-refractivity contribution is 5.54. The Balaban J connectivity index is 2.31. The predicted octanol–water partition coefficient (Wildman–Crippen LogP) is 1.90. The van der Waals surface area contributed by atoms with E-state index in [2.05, 4.69) is 10.3 Å². The largest absolute Gasteiger partial charge is 0.419 e. The smallest absolute Gasteiger partial charge is 0.368 e. The lowest BCUT2D eigenvalue weighted by Crippen LogP contribution is -2.49. The number of nitrogens with zero attached hydrogens (tertiary/aromatic N) is 2. The monoisotopic (exact) mass is 245 g/mol. The van der Waals surface area contributed by atoms with Gasteiger partial charge in [-0.15, -0.1) is 0 Å². The van der Waals surface area contributed by atoms with Crippen molar-refractivity contribution in [3.63, 3.8) is 0 Å². The van der Waals surface area contributed by atoms with Gasteiger partial charge < -0.3 is 10.2 Å². The fraction of sp³-hybridized carbons (Fsp3) is 0.545. The van der Waals surface area contributed by atoms with E-state index < -0.39 is 11.7 Å². The van der Waals surface area contributed by atoms with Crippen molar-refractivity contribution in [2.24, 2.45) is 0 Å². The highest BCUT2D eigenvalue weighted by Gasteiger charge is 2.35. The summed E-state index contributed by atoms with van der Waals surface area (Å²) in [5.74, 6) is 0. The van der Waals surface area contributed by atoms with Crippen molar-refractivity contribution in [2.75, 3.05) is 24.5 Å². The Hall–Kier alpha value is -1.30. The Labute approximate surface area is 97.6 Å². The Morgan fingerprint density at radius 2 is 2.24 bits per heavy atom. The summed E-state index contributed by atoms with van der Waals surface area (Å²) in [5.41, 5.74) is -0.435. The number of rotatable bonds is 1. The fourth-order valence-corrected chi connectivity index (χ4v) is 2.03. The van der Waals surface area contributed by atoms with Crippen LogP contribution in [0.1, 0.15) is 12.5 Å². The second kappa shape index (κ2) is 4.52. The minimum absolute atomic E-state index is 0.193. The SMILES string of the molecule is C[C@@H]1CN(c2ccncc2C(F)(F)F)CCN1. The third kappa shape index (κ3) is 2.69. The minimum atomic E-state index is -4.35. The average molecular weight is 245 g/mol. The van der Waals surface area contributed by atoms with Gasteiger partial charge in [-0.25, -0.2) is 0 Å². The highest BCUT2D eigenvalue weighted by atomic mass is 19.4. The summed E-state index contributed by atoms with van der Waals surface area (Å²) in [5, 5.41) is 3.20. The van der Waals surface area contributed by atoms with Gasteiger partial charge in [0.2, 0.25) is 0 Å². The van der Waals surface area contributed by atoms with Crippen molar-refractivity contribution < 1.29 is 13.2 Å². The molecule has 1 aromatic heterocycles. The number of aromatic nitrogens is 1. The van der Waals surface area contributed by atoms with Crippen molar-refractivity contribution in [3.8, 4) is 0 Å². The maximum absolute atomic E-state index is 12.8. The van der Waals surface area contributed by atoms with Crippen LogP contribution in [-0.2, 0) is 6.18 Å². The van der Waals surface area contributed by atoms with Crippen LogP contribution < -0.4 is 10.2 Å². The van der Waals surface area contributed by atoms with Gasteiger partial charge in [0.15, 0.2) is 0 Å². The molecule has 0 spiro atoms. The van der Waals surface area contributed by atoms with E-state index in [0.29, 0.717) is 19.6 Å². The van der Waals surface area contributed by atoms with Crippen LogP contribution in [0.15, 0.2) is 18.5 Å². The minimum Gasteiger partial charge on any atom is -0.368 e. The van der Waals surface area contributed by atoms with E-state index in [4.69, 9.17) is 0 Å². The number of alkyl halides is 3. The Bertz CT molecular complexity index is 392. The lowest BCUT2D eigenvalue weighted by molar-refractivity contribution is -0.137. The van der Waals surface area contributed by atoms with Gasteiger partial charge in [0.1, 0.15) is 0 Å². The van der Waals surface area contributed by atoms with Crippen LogP contribution in [0.3, 0.4) is 0 Å². The summed E-state index contributed by atoms with van der Waals surface area (Å²) in [6.07, 6.45) is -2.06. The van der Waals surface area contributed by atoms with Crippen LogP contribution >= 0.6 is 0 Å². The molecule has 0 bridgehead atoms. The molecule has 1 N–H and O–H groups in total. The summed E-state index contributed by atoms with van der Waals surface area (Å²) in [6, 6.07) is 1.62. The fourth-order valence-electron chi connectivity index (χ4n) is 2.03. The number of hydrogen-bond donors (Lipinski definition) is 1. The second-order valence-electron chi connectivity index (χ2n) is 4.19. The van der Waals surface area contributed by atoms with Crippen LogP contribution in [0.2, 0.25) is 0 Å². The van der Waals surface area contributed by atoms with Crippen LogP contribution in [0.5, 0.6) is 0 Å². The molecule has 0 radical (unpaired) electrons. The van der Waals surface area contributed by atoms with Crippen molar-refractivity contribution in [3.05, 3.63) is 24.0 Å². The first-order chi connectivity index (χ1) is 7.98. The van der Waals surface area contributed by atoms with E-state index in [1.165, 1.54) is 12.3 Å². The van der Waals surface area contributed by atoms with Gasteiger partial charge >= 0.3 is 6.18 Å². The van der Waals surface area contributed by atoms with Crippen molar-refractivity contribution in [1.29, 1.82) is 0 Å². The lowest BCUT2D eigenvalue weighted by Gasteiger charge is -2.34. The molecule has 17 heavy (non-hydrogen) atoms. The van der Waals surface area contributed by atoms with Gasteiger partial charge in [0, 0.05) is 38.1 Å². The number of piperazine rings is 1. The summed E-state index contributed by atoms with van der Waals surface area (Å²) in [4.78, 5) is 5.32. The lowest BCUT2D eigenvalue weighted by atomic mass is 10.1.